The largest absolute Gasteiger partial charge is 0.481 e. The first kappa shape index (κ1) is 33.2. The fourth-order valence-electron chi connectivity index (χ4n) is 5.73. The van der Waals surface area contributed by atoms with Gasteiger partial charge in [0, 0.05) is 57.8 Å². The van der Waals surface area contributed by atoms with Crippen molar-refractivity contribution in [1.29, 1.82) is 0 Å². The van der Waals surface area contributed by atoms with E-state index in [9.17, 15) is 39.0 Å². The Morgan fingerprint density at radius 3 is 2.26 bits per heavy atom. The monoisotopic (exact) mass is 653 g/mol. The van der Waals surface area contributed by atoms with Crippen molar-refractivity contribution in [2.75, 3.05) is 45.9 Å². The molecule has 0 radical (unpaired) electrons. The van der Waals surface area contributed by atoms with Gasteiger partial charge in [0.2, 0.25) is 17.7 Å². The van der Waals surface area contributed by atoms with Crippen LogP contribution in [0, 0.1) is 5.92 Å². The summed E-state index contributed by atoms with van der Waals surface area (Å²) in [5.41, 5.74) is 0.409. The van der Waals surface area contributed by atoms with Gasteiger partial charge >= 0.3 is 12.1 Å². The first-order valence-corrected chi connectivity index (χ1v) is 15.7. The number of carbonyl (C=O) groups is 6. The van der Waals surface area contributed by atoms with E-state index in [0.717, 1.165) is 19.3 Å². The summed E-state index contributed by atoms with van der Waals surface area (Å²) < 4.78 is 7.21. The molecule has 2 aromatic rings. The van der Waals surface area contributed by atoms with Crippen LogP contribution in [-0.4, -0.2) is 128 Å². The topological polar surface area (TPSA) is 204 Å². The molecule has 252 valence electrons. The number of nitrogens with zero attached hydrogens (tertiary/aromatic N) is 5. The van der Waals surface area contributed by atoms with Gasteiger partial charge in [-0.05, 0) is 44.2 Å². The normalized spacial score (nSPS) is 18.6. The second-order valence-electron chi connectivity index (χ2n) is 11.9. The van der Waals surface area contributed by atoms with Gasteiger partial charge in [0.1, 0.15) is 6.04 Å². The maximum Gasteiger partial charge on any atom is 0.407 e. The zero-order chi connectivity index (χ0) is 33.5. The number of likely N-dealkylation sites (tertiary alicyclic amines) is 1. The highest BCUT2D eigenvalue weighted by molar-refractivity contribution is 5.96. The minimum Gasteiger partial charge on any atom is -0.481 e. The standard InChI is InChI=1S/C31H39N7O9/c39-25(37-12-11-20(18-37)28(42)32-21-5-4-6-21)19-47-26-17-24(34-38(26)22-7-2-1-3-8-22)29(43)33-23(9-10-27(40)41)30(44)35-13-15-36(16-14-35)31(45)46/h1-3,7-8,17,20-21,23H,4-6,9-16,18-19H2,(H,32,42)(H,33,43)(H,40,41)(H,45,46)/t20?,23-/m0/s1. The summed E-state index contributed by atoms with van der Waals surface area (Å²) in [5.74, 6) is -2.98. The number of para-hydroxylation sites is 1. The van der Waals surface area contributed by atoms with Crippen molar-refractivity contribution in [1.82, 2.24) is 35.1 Å². The Hall–Kier alpha value is -5.15. The van der Waals surface area contributed by atoms with Crippen molar-refractivity contribution >= 4 is 35.7 Å². The zero-order valence-corrected chi connectivity index (χ0v) is 25.9. The summed E-state index contributed by atoms with van der Waals surface area (Å²) in [6, 6.07) is 9.12. The molecule has 5 rings (SSSR count). The third-order valence-electron chi connectivity index (χ3n) is 8.73. The number of amides is 5. The van der Waals surface area contributed by atoms with Crippen molar-refractivity contribution in [3.8, 4) is 11.6 Å². The van der Waals surface area contributed by atoms with Crippen LogP contribution in [0.2, 0.25) is 0 Å². The summed E-state index contributed by atoms with van der Waals surface area (Å²) in [6.45, 7) is 0.737. The summed E-state index contributed by atoms with van der Waals surface area (Å²) in [4.78, 5) is 79.1. The molecular formula is C31H39N7O9. The van der Waals surface area contributed by atoms with E-state index in [1.807, 2.05) is 0 Å². The van der Waals surface area contributed by atoms with Crippen LogP contribution in [-0.2, 0) is 19.2 Å². The van der Waals surface area contributed by atoms with Gasteiger partial charge in [-0.1, -0.05) is 18.2 Å². The lowest BCUT2D eigenvalue weighted by molar-refractivity contribution is -0.138. The fourth-order valence-corrected chi connectivity index (χ4v) is 5.73. The molecule has 1 aromatic carbocycles. The first-order valence-electron chi connectivity index (χ1n) is 15.7. The van der Waals surface area contributed by atoms with E-state index < -0.39 is 29.9 Å². The van der Waals surface area contributed by atoms with Crippen LogP contribution in [0.5, 0.6) is 5.88 Å². The van der Waals surface area contributed by atoms with E-state index in [2.05, 4.69) is 15.7 Å². The van der Waals surface area contributed by atoms with Crippen LogP contribution in [0.25, 0.3) is 5.69 Å². The number of piperazine rings is 1. The van der Waals surface area contributed by atoms with Gasteiger partial charge in [0.15, 0.2) is 12.3 Å². The molecule has 3 heterocycles. The van der Waals surface area contributed by atoms with Gasteiger partial charge in [-0.25, -0.2) is 9.48 Å². The molecule has 3 fully saturated rings. The SMILES string of the molecule is O=C(O)CC[C@H](NC(=O)c1cc(OCC(=O)N2CCC(C(=O)NC3CCC3)C2)n(-c2ccccc2)n1)C(=O)N1CCN(C(=O)O)CC1. The van der Waals surface area contributed by atoms with Crippen LogP contribution in [0.3, 0.4) is 0 Å². The van der Waals surface area contributed by atoms with E-state index in [1.54, 1.807) is 35.2 Å². The lowest BCUT2D eigenvalue weighted by Gasteiger charge is -2.35. The average Bonchev–Trinajstić information content (AvgIpc) is 3.72. The molecule has 1 unspecified atom stereocenters. The third-order valence-corrected chi connectivity index (χ3v) is 8.73. The number of carbonyl (C=O) groups excluding carboxylic acids is 4. The summed E-state index contributed by atoms with van der Waals surface area (Å²) in [7, 11) is 0. The zero-order valence-electron chi connectivity index (χ0n) is 25.9. The Morgan fingerprint density at radius 2 is 1.62 bits per heavy atom. The lowest BCUT2D eigenvalue weighted by atomic mass is 9.92. The summed E-state index contributed by atoms with van der Waals surface area (Å²) in [6.07, 6.45) is 1.96. The van der Waals surface area contributed by atoms with Gasteiger partial charge in [-0.15, -0.1) is 0 Å². The maximum absolute atomic E-state index is 13.4. The molecule has 4 N–H and O–H groups in total. The molecule has 3 aliphatic rings. The number of hydrogen-bond donors (Lipinski definition) is 4. The quantitative estimate of drug-likeness (QED) is 0.251. The molecule has 2 aliphatic heterocycles. The number of carboxylic acid groups (broad SMARTS) is 2. The Balaban J connectivity index is 1.25. The van der Waals surface area contributed by atoms with Gasteiger partial charge < -0.3 is 40.3 Å². The van der Waals surface area contributed by atoms with E-state index in [-0.39, 0.29) is 81.0 Å². The Morgan fingerprint density at radius 1 is 0.915 bits per heavy atom. The van der Waals surface area contributed by atoms with Crippen molar-refractivity contribution in [3.05, 3.63) is 42.1 Å². The van der Waals surface area contributed by atoms with Gasteiger partial charge in [-0.3, -0.25) is 24.0 Å². The number of aliphatic carboxylic acids is 1. The number of rotatable bonds is 12. The molecular weight excluding hydrogens is 614 g/mol. The molecule has 2 saturated heterocycles. The minimum atomic E-state index is -1.20. The van der Waals surface area contributed by atoms with E-state index in [0.29, 0.717) is 25.2 Å². The predicted molar refractivity (Wildman–Crippen MR) is 164 cm³/mol. The highest BCUT2D eigenvalue weighted by atomic mass is 16.5. The molecule has 1 saturated carbocycles. The maximum atomic E-state index is 13.4. The molecule has 0 spiro atoms. The van der Waals surface area contributed by atoms with Crippen molar-refractivity contribution in [2.24, 2.45) is 5.92 Å². The smallest absolute Gasteiger partial charge is 0.407 e. The highest BCUT2D eigenvalue weighted by Gasteiger charge is 2.34. The first-order chi connectivity index (χ1) is 22.6. The Bertz CT molecular complexity index is 1490. The molecule has 2 atom stereocenters. The van der Waals surface area contributed by atoms with Crippen LogP contribution in [0.1, 0.15) is 49.0 Å². The van der Waals surface area contributed by atoms with Crippen LogP contribution >= 0.6 is 0 Å². The van der Waals surface area contributed by atoms with Crippen molar-refractivity contribution in [2.45, 2.75) is 50.6 Å². The predicted octanol–water partition coefficient (Wildman–Crippen LogP) is 0.554. The number of nitrogens with one attached hydrogen (secondary N) is 2. The third kappa shape index (κ3) is 8.37. The number of aromatic nitrogens is 2. The number of ether oxygens (including phenoxy) is 1. The molecule has 16 nitrogen and oxygen atoms in total. The lowest BCUT2D eigenvalue weighted by Crippen LogP contribution is -2.55. The second kappa shape index (κ2) is 15.0. The van der Waals surface area contributed by atoms with Gasteiger partial charge in [-0.2, -0.15) is 5.10 Å². The van der Waals surface area contributed by atoms with E-state index in [1.165, 1.54) is 20.5 Å². The highest BCUT2D eigenvalue weighted by Crippen LogP contribution is 2.23. The van der Waals surface area contributed by atoms with Crippen molar-refractivity contribution in [3.63, 3.8) is 0 Å². The fraction of sp³-hybridized carbons (Fsp3) is 0.516. The Kier molecular flexibility index (Phi) is 10.6. The van der Waals surface area contributed by atoms with Gasteiger partial charge in [0.25, 0.3) is 11.8 Å². The van der Waals surface area contributed by atoms with Crippen LogP contribution in [0.4, 0.5) is 4.79 Å². The van der Waals surface area contributed by atoms with E-state index in [4.69, 9.17) is 4.74 Å². The van der Waals surface area contributed by atoms with E-state index >= 15 is 0 Å². The molecule has 1 aliphatic carbocycles. The van der Waals surface area contributed by atoms with Crippen LogP contribution in [0.15, 0.2) is 36.4 Å². The minimum absolute atomic E-state index is 0.0358. The number of hydrogen-bond acceptors (Lipinski definition) is 8. The van der Waals surface area contributed by atoms with Crippen LogP contribution < -0.4 is 15.4 Å². The summed E-state index contributed by atoms with van der Waals surface area (Å²) in [5, 5.41) is 28.5. The molecule has 0 bridgehead atoms. The average molecular weight is 654 g/mol. The molecule has 16 heteroatoms. The molecule has 1 aromatic heterocycles. The number of benzene rings is 1. The number of carboxylic acids is 1. The second-order valence-corrected chi connectivity index (χ2v) is 11.9. The summed E-state index contributed by atoms with van der Waals surface area (Å²) >= 11 is 0. The van der Waals surface area contributed by atoms with Crippen molar-refractivity contribution < 1.29 is 43.7 Å². The van der Waals surface area contributed by atoms with Gasteiger partial charge in [0.05, 0.1) is 11.6 Å². The molecule has 47 heavy (non-hydrogen) atoms. The Labute approximate surface area is 270 Å². The molecule has 5 amide bonds.